The molecule has 0 radical (unpaired) electrons. The van der Waals surface area contributed by atoms with Crippen LogP contribution >= 0.6 is 27.7 Å². The molecule has 31 heavy (non-hydrogen) atoms. The number of phenols is 1. The minimum absolute atomic E-state index is 0.00974. The Bertz CT molecular complexity index is 982. The lowest BCUT2D eigenvalue weighted by atomic mass is 9.85. The number of anilines is 1. The number of para-hydroxylation sites is 1. The molecule has 1 saturated heterocycles. The fraction of sp³-hybridized carbons (Fsp3) is 0.375. The molecule has 2 aromatic rings. The van der Waals surface area contributed by atoms with Gasteiger partial charge < -0.3 is 20.1 Å². The van der Waals surface area contributed by atoms with E-state index in [1.165, 1.54) is 25.3 Å². The van der Waals surface area contributed by atoms with Gasteiger partial charge in [-0.3, -0.25) is 4.79 Å². The van der Waals surface area contributed by atoms with E-state index in [-0.39, 0.29) is 23.2 Å². The number of methoxy groups -OCH3 is 1. The zero-order chi connectivity index (χ0) is 22.0. The zero-order valence-electron chi connectivity index (χ0n) is 17.7. The highest BCUT2D eigenvalue weighted by Gasteiger charge is 2.43. The minimum atomic E-state index is -0.192. The first kappa shape index (κ1) is 22.1. The Morgan fingerprint density at radius 3 is 2.68 bits per heavy atom. The SMILES string of the molecule is COc1cc(Br)cc(/C=C2\SC(Nc3ccccc3)N([C@H]3CCCC[C@@H]3C)C2=O)c1O. The Morgan fingerprint density at radius 2 is 1.97 bits per heavy atom. The first-order valence-corrected chi connectivity index (χ1v) is 12.2. The summed E-state index contributed by atoms with van der Waals surface area (Å²) in [7, 11) is 1.51. The summed E-state index contributed by atoms with van der Waals surface area (Å²) in [5.74, 6) is 0.865. The Hall–Kier alpha value is -2.12. The van der Waals surface area contributed by atoms with Gasteiger partial charge in [-0.15, -0.1) is 0 Å². The molecule has 1 amide bonds. The van der Waals surface area contributed by atoms with Crippen LogP contribution in [0.3, 0.4) is 0 Å². The number of benzene rings is 2. The molecule has 2 N–H and O–H groups in total. The molecule has 3 atom stereocenters. The summed E-state index contributed by atoms with van der Waals surface area (Å²) >= 11 is 4.96. The molecule has 164 valence electrons. The number of amides is 1. The normalized spacial score (nSPS) is 25.1. The summed E-state index contributed by atoms with van der Waals surface area (Å²) < 4.78 is 6.04. The third-order valence-electron chi connectivity index (χ3n) is 6.00. The molecule has 0 aromatic heterocycles. The first-order chi connectivity index (χ1) is 15.0. The molecule has 2 aromatic carbocycles. The van der Waals surface area contributed by atoms with Crippen molar-refractivity contribution in [1.29, 1.82) is 0 Å². The number of carbonyl (C=O) groups excluding carboxylic acids is 1. The van der Waals surface area contributed by atoms with Crippen molar-refractivity contribution in [1.82, 2.24) is 4.90 Å². The number of nitrogens with zero attached hydrogens (tertiary/aromatic N) is 1. The molecule has 1 aliphatic carbocycles. The number of halogens is 1. The number of nitrogens with one attached hydrogen (secondary N) is 1. The minimum Gasteiger partial charge on any atom is -0.504 e. The number of carbonyl (C=O) groups is 1. The number of aromatic hydroxyl groups is 1. The van der Waals surface area contributed by atoms with Crippen LogP contribution in [-0.2, 0) is 4.79 Å². The van der Waals surface area contributed by atoms with Crippen molar-refractivity contribution >= 4 is 45.4 Å². The second-order valence-electron chi connectivity index (χ2n) is 8.08. The number of hydrogen-bond acceptors (Lipinski definition) is 5. The average Bonchev–Trinajstić information content (AvgIpc) is 3.06. The summed E-state index contributed by atoms with van der Waals surface area (Å²) in [6.45, 7) is 2.24. The van der Waals surface area contributed by atoms with Crippen LogP contribution in [0.1, 0.15) is 38.2 Å². The standard InChI is InChI=1S/C24H27BrN2O3S/c1-15-8-6-7-11-19(15)27-23(29)21(31-24(27)26-18-9-4-3-5-10-18)13-16-12-17(25)14-20(30-2)22(16)28/h3-5,9-10,12-15,19,24,26,28H,6-8,11H2,1-2H3/b21-13-/t15-,19-,24?/m0/s1. The molecule has 7 heteroatoms. The van der Waals surface area contributed by atoms with Crippen LogP contribution in [0.4, 0.5) is 5.69 Å². The molecule has 1 heterocycles. The third kappa shape index (κ3) is 4.72. The average molecular weight is 503 g/mol. The second-order valence-corrected chi connectivity index (χ2v) is 10.1. The fourth-order valence-corrected chi connectivity index (χ4v) is 6.03. The molecular weight excluding hydrogens is 476 g/mol. The Morgan fingerprint density at radius 1 is 1.23 bits per heavy atom. The van der Waals surface area contributed by atoms with Crippen LogP contribution < -0.4 is 10.1 Å². The predicted octanol–water partition coefficient (Wildman–Crippen LogP) is 6.05. The summed E-state index contributed by atoms with van der Waals surface area (Å²) in [5, 5.41) is 14.1. The summed E-state index contributed by atoms with van der Waals surface area (Å²) in [6.07, 6.45) is 6.29. The van der Waals surface area contributed by atoms with Crippen LogP contribution in [-0.4, -0.2) is 34.6 Å². The number of phenolic OH excluding ortho intramolecular Hbond substituents is 1. The summed E-state index contributed by atoms with van der Waals surface area (Å²) in [5.41, 5.74) is 1.34. The van der Waals surface area contributed by atoms with E-state index in [0.29, 0.717) is 22.1 Å². The van der Waals surface area contributed by atoms with E-state index >= 15 is 0 Å². The lowest BCUT2D eigenvalue weighted by Crippen LogP contribution is -2.48. The number of thioether (sulfide) groups is 1. The molecule has 1 aliphatic heterocycles. The topological polar surface area (TPSA) is 61.8 Å². The van der Waals surface area contributed by atoms with Crippen LogP contribution in [0.15, 0.2) is 51.8 Å². The van der Waals surface area contributed by atoms with Crippen LogP contribution in [0.5, 0.6) is 11.5 Å². The Labute approximate surface area is 196 Å². The maximum absolute atomic E-state index is 13.6. The maximum atomic E-state index is 13.6. The van der Waals surface area contributed by atoms with Crippen molar-refractivity contribution in [3.8, 4) is 11.5 Å². The monoisotopic (exact) mass is 502 g/mol. The highest BCUT2D eigenvalue weighted by atomic mass is 79.9. The van der Waals surface area contributed by atoms with E-state index in [9.17, 15) is 9.90 Å². The summed E-state index contributed by atoms with van der Waals surface area (Å²) in [4.78, 5) is 16.2. The third-order valence-corrected chi connectivity index (χ3v) is 7.57. The molecule has 1 unspecified atom stereocenters. The van der Waals surface area contributed by atoms with E-state index in [0.717, 1.165) is 29.4 Å². The van der Waals surface area contributed by atoms with Crippen molar-refractivity contribution in [2.75, 3.05) is 12.4 Å². The molecular formula is C24H27BrN2O3S. The van der Waals surface area contributed by atoms with Crippen LogP contribution in [0.25, 0.3) is 6.08 Å². The van der Waals surface area contributed by atoms with Crippen molar-refractivity contribution in [2.24, 2.45) is 5.92 Å². The fourth-order valence-electron chi connectivity index (χ4n) is 4.37. The van der Waals surface area contributed by atoms with Crippen molar-refractivity contribution in [2.45, 2.75) is 44.1 Å². The van der Waals surface area contributed by atoms with Gasteiger partial charge in [-0.25, -0.2) is 0 Å². The van der Waals surface area contributed by atoms with E-state index in [2.05, 4.69) is 28.2 Å². The molecule has 2 fully saturated rings. The van der Waals surface area contributed by atoms with Gasteiger partial charge in [-0.2, -0.15) is 0 Å². The van der Waals surface area contributed by atoms with E-state index in [4.69, 9.17) is 4.74 Å². The second kappa shape index (κ2) is 9.57. The van der Waals surface area contributed by atoms with Gasteiger partial charge in [0.2, 0.25) is 0 Å². The predicted molar refractivity (Wildman–Crippen MR) is 130 cm³/mol. The zero-order valence-corrected chi connectivity index (χ0v) is 20.1. The Balaban J connectivity index is 1.69. The number of hydrogen-bond donors (Lipinski definition) is 2. The lowest BCUT2D eigenvalue weighted by molar-refractivity contribution is -0.129. The van der Waals surface area contributed by atoms with Gasteiger partial charge in [0.15, 0.2) is 17.0 Å². The highest BCUT2D eigenvalue weighted by Crippen LogP contribution is 2.44. The quantitative estimate of drug-likeness (QED) is 0.487. The molecule has 4 rings (SSSR count). The van der Waals surface area contributed by atoms with Gasteiger partial charge in [0, 0.05) is 21.8 Å². The lowest BCUT2D eigenvalue weighted by Gasteiger charge is -2.39. The van der Waals surface area contributed by atoms with Gasteiger partial charge in [-0.05, 0) is 49.1 Å². The van der Waals surface area contributed by atoms with E-state index in [1.54, 1.807) is 18.2 Å². The maximum Gasteiger partial charge on any atom is 0.262 e. The molecule has 0 spiro atoms. The van der Waals surface area contributed by atoms with E-state index < -0.39 is 0 Å². The number of ether oxygens (including phenoxy) is 1. The largest absolute Gasteiger partial charge is 0.504 e. The molecule has 1 saturated carbocycles. The molecule has 0 bridgehead atoms. The smallest absolute Gasteiger partial charge is 0.262 e. The van der Waals surface area contributed by atoms with Gasteiger partial charge in [0.25, 0.3) is 5.91 Å². The van der Waals surface area contributed by atoms with Crippen molar-refractivity contribution in [3.05, 3.63) is 57.4 Å². The highest BCUT2D eigenvalue weighted by molar-refractivity contribution is 9.10. The van der Waals surface area contributed by atoms with Crippen LogP contribution in [0.2, 0.25) is 0 Å². The van der Waals surface area contributed by atoms with Crippen molar-refractivity contribution < 1.29 is 14.6 Å². The van der Waals surface area contributed by atoms with Gasteiger partial charge >= 0.3 is 0 Å². The van der Waals surface area contributed by atoms with Gasteiger partial charge in [-0.1, -0.05) is 65.7 Å². The molecule has 5 nitrogen and oxygen atoms in total. The van der Waals surface area contributed by atoms with Crippen LogP contribution in [0, 0.1) is 5.92 Å². The van der Waals surface area contributed by atoms with Gasteiger partial charge in [0.1, 0.15) is 0 Å². The summed E-state index contributed by atoms with van der Waals surface area (Å²) in [6, 6.07) is 13.7. The van der Waals surface area contributed by atoms with Crippen molar-refractivity contribution in [3.63, 3.8) is 0 Å². The molecule has 2 aliphatic rings. The number of rotatable bonds is 5. The Kier molecular flexibility index (Phi) is 6.82. The van der Waals surface area contributed by atoms with E-state index in [1.807, 2.05) is 35.2 Å². The van der Waals surface area contributed by atoms with Gasteiger partial charge in [0.05, 0.1) is 12.0 Å². The first-order valence-electron chi connectivity index (χ1n) is 10.6.